The van der Waals surface area contributed by atoms with E-state index in [2.05, 4.69) is 42.3 Å². The summed E-state index contributed by atoms with van der Waals surface area (Å²) >= 11 is 0. The van der Waals surface area contributed by atoms with Crippen molar-refractivity contribution in [2.75, 3.05) is 26.2 Å². The van der Waals surface area contributed by atoms with Crippen molar-refractivity contribution in [3.8, 4) is 5.75 Å². The first kappa shape index (κ1) is 13.9. The van der Waals surface area contributed by atoms with Gasteiger partial charge in [0.05, 0.1) is 6.04 Å². The van der Waals surface area contributed by atoms with Crippen LogP contribution in [0.1, 0.15) is 38.3 Å². The number of benzene rings is 1. The molecule has 2 aliphatic rings. The van der Waals surface area contributed by atoms with Crippen molar-refractivity contribution >= 4 is 0 Å². The van der Waals surface area contributed by atoms with Crippen molar-refractivity contribution in [2.24, 2.45) is 5.92 Å². The molecule has 3 nitrogen and oxygen atoms in total. The third-order valence-corrected chi connectivity index (χ3v) is 4.86. The minimum absolute atomic E-state index is 0.359. The number of nitrogens with one attached hydrogen (secondary N) is 1. The maximum absolute atomic E-state index is 5.77. The van der Waals surface area contributed by atoms with Crippen molar-refractivity contribution in [2.45, 2.75) is 38.8 Å². The lowest BCUT2D eigenvalue weighted by atomic mass is 9.90. The molecular weight excluding hydrogens is 248 g/mol. The predicted octanol–water partition coefficient (Wildman–Crippen LogP) is 2.83. The molecule has 2 aliphatic heterocycles. The van der Waals surface area contributed by atoms with Crippen molar-refractivity contribution in [3.63, 3.8) is 0 Å². The summed E-state index contributed by atoms with van der Waals surface area (Å²) in [5, 5.41) is 3.80. The molecule has 110 valence electrons. The second-order valence-corrected chi connectivity index (χ2v) is 6.15. The van der Waals surface area contributed by atoms with Crippen LogP contribution in [-0.2, 0) is 0 Å². The smallest absolute Gasteiger partial charge is 0.124 e. The van der Waals surface area contributed by atoms with Crippen LogP contribution in [0.15, 0.2) is 24.3 Å². The normalized spacial score (nSPS) is 27.9. The van der Waals surface area contributed by atoms with E-state index in [0.29, 0.717) is 12.1 Å². The fraction of sp³-hybridized carbons (Fsp3) is 0.647. The van der Waals surface area contributed by atoms with E-state index in [1.165, 1.54) is 38.0 Å². The summed E-state index contributed by atoms with van der Waals surface area (Å²) in [5.74, 6) is 1.81. The molecule has 0 aromatic heterocycles. The highest BCUT2D eigenvalue weighted by atomic mass is 16.5. The van der Waals surface area contributed by atoms with E-state index >= 15 is 0 Å². The van der Waals surface area contributed by atoms with Crippen molar-refractivity contribution < 1.29 is 4.74 Å². The Labute approximate surface area is 122 Å². The average Bonchev–Trinajstić information content (AvgIpc) is 2.90. The van der Waals surface area contributed by atoms with Crippen LogP contribution in [0.3, 0.4) is 0 Å². The third-order valence-electron chi connectivity index (χ3n) is 4.86. The molecule has 3 unspecified atom stereocenters. The molecule has 0 spiro atoms. The number of ether oxygens (including phenoxy) is 1. The lowest BCUT2D eigenvalue weighted by Crippen LogP contribution is -2.45. The second-order valence-electron chi connectivity index (χ2n) is 6.15. The van der Waals surface area contributed by atoms with Gasteiger partial charge in [0.25, 0.3) is 0 Å². The minimum Gasteiger partial charge on any atom is -0.491 e. The summed E-state index contributed by atoms with van der Waals surface area (Å²) < 4.78 is 5.77. The minimum atomic E-state index is 0.359. The average molecular weight is 274 g/mol. The van der Waals surface area contributed by atoms with Crippen LogP contribution in [0, 0.1) is 5.92 Å². The van der Waals surface area contributed by atoms with Crippen molar-refractivity contribution in [1.29, 1.82) is 0 Å². The highest BCUT2D eigenvalue weighted by Crippen LogP contribution is 2.33. The van der Waals surface area contributed by atoms with Crippen LogP contribution in [0.4, 0.5) is 0 Å². The van der Waals surface area contributed by atoms with Gasteiger partial charge in [0.15, 0.2) is 0 Å². The fourth-order valence-electron chi connectivity index (χ4n) is 3.54. The molecule has 0 radical (unpaired) electrons. The maximum Gasteiger partial charge on any atom is 0.124 e. The fourth-order valence-corrected chi connectivity index (χ4v) is 3.54. The van der Waals surface area contributed by atoms with Gasteiger partial charge in [0.2, 0.25) is 0 Å². The molecule has 3 atom stereocenters. The van der Waals surface area contributed by atoms with E-state index in [9.17, 15) is 0 Å². The Kier molecular flexibility index (Phi) is 4.27. The Morgan fingerprint density at radius 3 is 3.10 bits per heavy atom. The van der Waals surface area contributed by atoms with Gasteiger partial charge in [-0.15, -0.1) is 0 Å². The molecule has 1 fully saturated rings. The third kappa shape index (κ3) is 2.84. The number of hydrogen-bond acceptors (Lipinski definition) is 3. The molecule has 1 aromatic carbocycles. The van der Waals surface area contributed by atoms with Crippen LogP contribution >= 0.6 is 0 Å². The van der Waals surface area contributed by atoms with E-state index in [1.54, 1.807) is 0 Å². The van der Waals surface area contributed by atoms with Crippen LogP contribution in [0.25, 0.3) is 0 Å². The highest BCUT2D eigenvalue weighted by Gasteiger charge is 2.29. The number of piperidine rings is 1. The lowest BCUT2D eigenvalue weighted by Gasteiger charge is -2.36. The summed E-state index contributed by atoms with van der Waals surface area (Å²) in [5.41, 5.74) is 1.32. The van der Waals surface area contributed by atoms with E-state index in [4.69, 9.17) is 4.74 Å². The Hall–Kier alpha value is -1.06. The van der Waals surface area contributed by atoms with Gasteiger partial charge in [-0.1, -0.05) is 25.1 Å². The first-order valence-corrected chi connectivity index (χ1v) is 7.98. The molecule has 3 rings (SSSR count). The van der Waals surface area contributed by atoms with Gasteiger partial charge in [-0.3, -0.25) is 0 Å². The zero-order valence-corrected chi connectivity index (χ0v) is 12.6. The largest absolute Gasteiger partial charge is 0.491 e. The van der Waals surface area contributed by atoms with E-state index in [-0.39, 0.29) is 0 Å². The lowest BCUT2D eigenvalue weighted by molar-refractivity contribution is 0.149. The summed E-state index contributed by atoms with van der Waals surface area (Å²) in [7, 11) is 0. The van der Waals surface area contributed by atoms with Crippen LogP contribution in [-0.4, -0.2) is 37.2 Å². The van der Waals surface area contributed by atoms with E-state index in [0.717, 1.165) is 18.3 Å². The summed E-state index contributed by atoms with van der Waals surface area (Å²) in [4.78, 5) is 2.57. The topological polar surface area (TPSA) is 24.5 Å². The van der Waals surface area contributed by atoms with E-state index in [1.807, 2.05) is 6.07 Å². The standard InChI is InChI=1S/C17H26N2O/c1-3-19-10-6-7-14(11-19)13(2)18-16-12-20-17-9-5-4-8-15(16)17/h4-5,8-9,13-14,16,18H,3,6-7,10-12H2,1-2H3. The molecule has 1 N–H and O–H groups in total. The molecule has 0 amide bonds. The zero-order chi connectivity index (χ0) is 13.9. The first-order chi connectivity index (χ1) is 9.78. The van der Waals surface area contributed by atoms with Crippen molar-refractivity contribution in [3.05, 3.63) is 29.8 Å². The van der Waals surface area contributed by atoms with Gasteiger partial charge in [-0.2, -0.15) is 0 Å². The van der Waals surface area contributed by atoms with Gasteiger partial charge in [0, 0.05) is 18.2 Å². The first-order valence-electron chi connectivity index (χ1n) is 7.98. The Morgan fingerprint density at radius 1 is 1.40 bits per heavy atom. The number of rotatable bonds is 4. The van der Waals surface area contributed by atoms with Gasteiger partial charge in [0.1, 0.15) is 12.4 Å². The van der Waals surface area contributed by atoms with Gasteiger partial charge >= 0.3 is 0 Å². The van der Waals surface area contributed by atoms with Crippen LogP contribution in [0.5, 0.6) is 5.75 Å². The van der Waals surface area contributed by atoms with Gasteiger partial charge in [-0.25, -0.2) is 0 Å². The molecule has 0 aliphatic carbocycles. The molecule has 3 heteroatoms. The number of fused-ring (bicyclic) bond motifs is 1. The monoisotopic (exact) mass is 274 g/mol. The zero-order valence-electron chi connectivity index (χ0n) is 12.6. The predicted molar refractivity (Wildman–Crippen MR) is 82.1 cm³/mol. The van der Waals surface area contributed by atoms with Gasteiger partial charge < -0.3 is 15.0 Å². The number of para-hydroxylation sites is 1. The maximum atomic E-state index is 5.77. The molecule has 1 saturated heterocycles. The second kappa shape index (κ2) is 6.15. The quantitative estimate of drug-likeness (QED) is 0.913. The molecule has 20 heavy (non-hydrogen) atoms. The SMILES string of the molecule is CCN1CCCC(C(C)NC2COc3ccccc32)C1. The van der Waals surface area contributed by atoms with Gasteiger partial charge in [-0.05, 0) is 44.8 Å². The van der Waals surface area contributed by atoms with Crippen LogP contribution < -0.4 is 10.1 Å². The number of nitrogens with zero attached hydrogens (tertiary/aromatic N) is 1. The Morgan fingerprint density at radius 2 is 2.25 bits per heavy atom. The molecular formula is C17H26N2O. The summed E-state index contributed by atoms with van der Waals surface area (Å²) in [6.45, 7) is 9.06. The molecule has 1 aromatic rings. The number of hydrogen-bond donors (Lipinski definition) is 1. The number of likely N-dealkylation sites (tertiary alicyclic amines) is 1. The molecule has 2 heterocycles. The Bertz CT molecular complexity index is 448. The Balaban J connectivity index is 1.61. The highest BCUT2D eigenvalue weighted by molar-refractivity contribution is 5.39. The summed E-state index contributed by atoms with van der Waals surface area (Å²) in [6.07, 6.45) is 2.68. The van der Waals surface area contributed by atoms with Crippen LogP contribution in [0.2, 0.25) is 0 Å². The van der Waals surface area contributed by atoms with Crippen molar-refractivity contribution in [1.82, 2.24) is 10.2 Å². The molecule has 0 bridgehead atoms. The summed E-state index contributed by atoms with van der Waals surface area (Å²) in [6, 6.07) is 9.31. The van der Waals surface area contributed by atoms with E-state index < -0.39 is 0 Å². The molecule has 0 saturated carbocycles.